The molecule has 120 valence electrons. The molecule has 4 aromatic rings. The van der Waals surface area contributed by atoms with Gasteiger partial charge in [0.2, 0.25) is 5.89 Å². The van der Waals surface area contributed by atoms with Crippen molar-refractivity contribution >= 4 is 33.3 Å². The molecule has 3 heterocycles. The highest BCUT2D eigenvalue weighted by atomic mass is 32.2. The molecule has 5 nitrogen and oxygen atoms in total. The van der Waals surface area contributed by atoms with Crippen LogP contribution in [0.15, 0.2) is 52.3 Å². The van der Waals surface area contributed by atoms with Crippen molar-refractivity contribution in [1.29, 1.82) is 0 Å². The van der Waals surface area contributed by atoms with E-state index >= 15 is 0 Å². The van der Waals surface area contributed by atoms with Crippen LogP contribution in [-0.2, 0) is 12.2 Å². The molecule has 0 radical (unpaired) electrons. The zero-order chi connectivity index (χ0) is 16.4. The van der Waals surface area contributed by atoms with Gasteiger partial charge in [-0.3, -0.25) is 0 Å². The second-order valence-electron chi connectivity index (χ2n) is 5.12. The van der Waals surface area contributed by atoms with Crippen LogP contribution in [0.3, 0.4) is 0 Å². The summed E-state index contributed by atoms with van der Waals surface area (Å²) in [6.07, 6.45) is 2.39. The van der Waals surface area contributed by atoms with Crippen LogP contribution in [0.2, 0.25) is 0 Å². The Morgan fingerprint density at radius 3 is 2.83 bits per heavy atom. The predicted molar refractivity (Wildman–Crippen MR) is 96.1 cm³/mol. The van der Waals surface area contributed by atoms with Gasteiger partial charge in [-0.15, -0.1) is 11.3 Å². The Labute approximate surface area is 147 Å². The molecule has 3 aromatic heterocycles. The van der Waals surface area contributed by atoms with E-state index in [-0.39, 0.29) is 0 Å². The Kier molecular flexibility index (Phi) is 4.27. The van der Waals surface area contributed by atoms with Gasteiger partial charge in [0.15, 0.2) is 5.82 Å². The summed E-state index contributed by atoms with van der Waals surface area (Å²) in [5.41, 5.74) is 1.20. The Hall–Kier alpha value is -2.25. The first-order valence-corrected chi connectivity index (χ1v) is 9.38. The molecule has 0 aliphatic rings. The third kappa shape index (κ3) is 3.05. The van der Waals surface area contributed by atoms with Gasteiger partial charge in [-0.2, -0.15) is 4.98 Å². The highest BCUT2D eigenvalue weighted by Gasteiger charge is 2.12. The molecule has 0 spiro atoms. The second-order valence-corrected chi connectivity index (χ2v) is 7.12. The lowest BCUT2D eigenvalue weighted by atomic mass is 10.2. The molecular weight excluding hydrogens is 340 g/mol. The highest BCUT2D eigenvalue weighted by molar-refractivity contribution is 7.98. The predicted octanol–water partition coefficient (Wildman–Crippen LogP) is 4.60. The zero-order valence-corrected chi connectivity index (χ0v) is 14.6. The normalized spacial score (nSPS) is 11.2. The Balaban J connectivity index is 1.62. The minimum absolute atomic E-state index is 0.607. The molecule has 4 rings (SSSR count). The van der Waals surface area contributed by atoms with Crippen LogP contribution < -0.4 is 0 Å². The molecular formula is C17H14N4OS2. The van der Waals surface area contributed by atoms with E-state index in [1.807, 2.05) is 25.1 Å². The van der Waals surface area contributed by atoms with Gasteiger partial charge in [-0.1, -0.05) is 54.2 Å². The van der Waals surface area contributed by atoms with Crippen molar-refractivity contribution in [2.24, 2.45) is 0 Å². The lowest BCUT2D eigenvalue weighted by molar-refractivity contribution is 0.385. The zero-order valence-electron chi connectivity index (χ0n) is 13.0. The van der Waals surface area contributed by atoms with Crippen molar-refractivity contribution in [3.8, 4) is 10.4 Å². The molecule has 0 N–H and O–H groups in total. The number of rotatable bonds is 5. The van der Waals surface area contributed by atoms with Gasteiger partial charge in [0.05, 0.1) is 5.75 Å². The average molecular weight is 354 g/mol. The number of benzene rings is 1. The van der Waals surface area contributed by atoms with Gasteiger partial charge in [0, 0.05) is 16.7 Å². The number of aromatic nitrogens is 4. The maximum absolute atomic E-state index is 5.24. The lowest BCUT2D eigenvalue weighted by Gasteiger charge is -1.98. The molecule has 0 aliphatic carbocycles. The van der Waals surface area contributed by atoms with Crippen molar-refractivity contribution in [3.63, 3.8) is 0 Å². The minimum Gasteiger partial charge on any atom is -0.338 e. The van der Waals surface area contributed by atoms with E-state index in [9.17, 15) is 0 Å². The molecule has 0 atom stereocenters. The summed E-state index contributed by atoms with van der Waals surface area (Å²) in [7, 11) is 0. The fraction of sp³-hybridized carbons (Fsp3) is 0.176. The van der Waals surface area contributed by atoms with Crippen molar-refractivity contribution < 1.29 is 4.52 Å². The second kappa shape index (κ2) is 6.70. The van der Waals surface area contributed by atoms with Gasteiger partial charge in [0.1, 0.15) is 16.2 Å². The van der Waals surface area contributed by atoms with Crippen LogP contribution >= 0.6 is 23.1 Å². The summed E-state index contributed by atoms with van der Waals surface area (Å²) in [6.45, 7) is 2.01. The standard InChI is InChI=1S/C17H14N4OS2/c1-2-14-20-15(22-21-14)9-23-16-12-8-13(11-6-4-3-5-7-11)24-17(12)19-10-18-16/h3-8,10H,2,9H2,1H3. The minimum atomic E-state index is 0.607. The number of aryl methyl sites for hydroxylation is 1. The molecule has 0 bridgehead atoms. The van der Waals surface area contributed by atoms with Crippen molar-refractivity contribution in [1.82, 2.24) is 20.1 Å². The van der Waals surface area contributed by atoms with Gasteiger partial charge in [-0.05, 0) is 11.6 Å². The molecule has 0 amide bonds. The summed E-state index contributed by atoms with van der Waals surface area (Å²) in [4.78, 5) is 15.4. The number of hydrogen-bond donors (Lipinski definition) is 0. The average Bonchev–Trinajstić information content (AvgIpc) is 3.27. The SMILES string of the molecule is CCc1noc(CSc2ncnc3sc(-c4ccccc4)cc23)n1. The fourth-order valence-electron chi connectivity index (χ4n) is 2.32. The van der Waals surface area contributed by atoms with Crippen LogP contribution in [0.1, 0.15) is 18.6 Å². The van der Waals surface area contributed by atoms with E-state index in [4.69, 9.17) is 4.52 Å². The van der Waals surface area contributed by atoms with E-state index in [0.717, 1.165) is 27.5 Å². The van der Waals surface area contributed by atoms with E-state index in [0.29, 0.717) is 11.6 Å². The van der Waals surface area contributed by atoms with Crippen LogP contribution in [0.5, 0.6) is 0 Å². The first-order valence-electron chi connectivity index (χ1n) is 7.57. The maximum atomic E-state index is 5.24. The van der Waals surface area contributed by atoms with Crippen molar-refractivity contribution in [2.45, 2.75) is 24.1 Å². The van der Waals surface area contributed by atoms with E-state index < -0.39 is 0 Å². The first kappa shape index (κ1) is 15.3. The fourth-order valence-corrected chi connectivity index (χ4v) is 4.20. The molecule has 0 unspecified atom stereocenters. The van der Waals surface area contributed by atoms with Crippen LogP contribution in [0, 0.1) is 0 Å². The van der Waals surface area contributed by atoms with Gasteiger partial charge in [-0.25, -0.2) is 9.97 Å². The third-order valence-corrected chi connectivity index (χ3v) is 5.59. The third-order valence-electron chi connectivity index (χ3n) is 3.51. The van der Waals surface area contributed by atoms with Gasteiger partial charge in [0.25, 0.3) is 0 Å². The molecule has 0 saturated heterocycles. The van der Waals surface area contributed by atoms with Crippen LogP contribution in [0.4, 0.5) is 0 Å². The molecule has 1 aromatic carbocycles. The topological polar surface area (TPSA) is 64.7 Å². The number of thioether (sulfide) groups is 1. The summed E-state index contributed by atoms with van der Waals surface area (Å²) < 4.78 is 5.24. The summed E-state index contributed by atoms with van der Waals surface area (Å²) in [5, 5.41) is 5.93. The van der Waals surface area contributed by atoms with Crippen molar-refractivity contribution in [3.05, 3.63) is 54.4 Å². The largest absolute Gasteiger partial charge is 0.338 e. The Morgan fingerprint density at radius 2 is 2.04 bits per heavy atom. The molecule has 24 heavy (non-hydrogen) atoms. The van der Waals surface area contributed by atoms with E-state index in [1.165, 1.54) is 10.4 Å². The van der Waals surface area contributed by atoms with E-state index in [2.05, 4.69) is 38.3 Å². The maximum Gasteiger partial charge on any atom is 0.237 e. The number of nitrogens with zero attached hydrogens (tertiary/aromatic N) is 4. The lowest BCUT2D eigenvalue weighted by Crippen LogP contribution is -1.87. The number of hydrogen-bond acceptors (Lipinski definition) is 7. The summed E-state index contributed by atoms with van der Waals surface area (Å²) in [5.74, 6) is 1.97. The summed E-state index contributed by atoms with van der Waals surface area (Å²) in [6, 6.07) is 12.5. The molecule has 0 fully saturated rings. The van der Waals surface area contributed by atoms with Crippen molar-refractivity contribution in [2.75, 3.05) is 0 Å². The highest BCUT2D eigenvalue weighted by Crippen LogP contribution is 2.36. The number of fused-ring (bicyclic) bond motifs is 1. The first-order chi connectivity index (χ1) is 11.8. The Morgan fingerprint density at radius 1 is 1.17 bits per heavy atom. The van der Waals surface area contributed by atoms with Gasteiger partial charge >= 0.3 is 0 Å². The Bertz CT molecular complexity index is 965. The molecule has 0 aliphatic heterocycles. The quantitative estimate of drug-likeness (QED) is 0.386. The monoisotopic (exact) mass is 354 g/mol. The van der Waals surface area contributed by atoms with Gasteiger partial charge < -0.3 is 4.52 Å². The van der Waals surface area contributed by atoms with E-state index in [1.54, 1.807) is 29.4 Å². The molecule has 7 heteroatoms. The summed E-state index contributed by atoms with van der Waals surface area (Å²) >= 11 is 3.27. The molecule has 0 saturated carbocycles. The smallest absolute Gasteiger partial charge is 0.237 e. The van der Waals surface area contributed by atoms with Crippen LogP contribution in [-0.4, -0.2) is 20.1 Å². The number of thiophene rings is 1. The van der Waals surface area contributed by atoms with Crippen LogP contribution in [0.25, 0.3) is 20.7 Å².